The maximum Gasteiger partial charge on any atom is 0.250 e. The Morgan fingerprint density at radius 2 is 1.84 bits per heavy atom. The monoisotopic (exact) mass is 452 g/mol. The number of thiocarbonyl (C=S) groups is 1. The Hall–Kier alpha value is -3.72. The van der Waals surface area contributed by atoms with E-state index in [0.29, 0.717) is 13.1 Å². The number of methoxy groups -OCH3 is 1. The third kappa shape index (κ3) is 6.64. The zero-order valence-corrected chi connectivity index (χ0v) is 18.4. The van der Waals surface area contributed by atoms with Crippen molar-refractivity contribution in [2.45, 2.75) is 13.0 Å². The number of ether oxygens (including phenoxy) is 1. The van der Waals surface area contributed by atoms with E-state index in [4.69, 9.17) is 17.0 Å². The molecule has 0 aromatic heterocycles. The van der Waals surface area contributed by atoms with Crippen LogP contribution in [-0.2, 0) is 20.9 Å². The summed E-state index contributed by atoms with van der Waals surface area (Å²) in [4.78, 5) is 38.3. The molecule has 2 aromatic carbocycles. The molecule has 0 saturated carbocycles. The summed E-state index contributed by atoms with van der Waals surface area (Å²) in [6.45, 7) is 0.789. The van der Waals surface area contributed by atoms with E-state index in [0.717, 1.165) is 16.9 Å². The Kier molecular flexibility index (Phi) is 7.93. The van der Waals surface area contributed by atoms with Crippen molar-refractivity contribution in [2.24, 2.45) is 5.92 Å². The van der Waals surface area contributed by atoms with Gasteiger partial charge in [0.25, 0.3) is 0 Å². The first-order chi connectivity index (χ1) is 15.4. The molecule has 1 atom stereocenters. The lowest BCUT2D eigenvalue weighted by Gasteiger charge is -2.17. The van der Waals surface area contributed by atoms with Crippen LogP contribution in [0.5, 0.6) is 5.75 Å². The van der Waals surface area contributed by atoms with Crippen LogP contribution >= 0.6 is 12.2 Å². The summed E-state index contributed by atoms with van der Waals surface area (Å²) in [5.41, 5.74) is 6.79. The minimum Gasteiger partial charge on any atom is -0.497 e. The molecule has 0 aliphatic carbocycles. The normalized spacial score (nSPS) is 15.5. The second kappa shape index (κ2) is 11.1. The molecule has 1 fully saturated rings. The van der Waals surface area contributed by atoms with Crippen LogP contribution in [-0.4, -0.2) is 41.4 Å². The number of rotatable bonds is 6. The summed E-state index contributed by atoms with van der Waals surface area (Å²) in [5, 5.41) is 2.40. The molecule has 3 rings (SSSR count). The van der Waals surface area contributed by atoms with Gasteiger partial charge in [0.2, 0.25) is 17.7 Å². The first-order valence-electron chi connectivity index (χ1n) is 9.99. The summed E-state index contributed by atoms with van der Waals surface area (Å²) in [7, 11) is 1.58. The van der Waals surface area contributed by atoms with Gasteiger partial charge in [-0.25, -0.2) is 0 Å². The number of hydrazine groups is 1. The van der Waals surface area contributed by atoms with E-state index in [2.05, 4.69) is 16.2 Å². The summed E-state index contributed by atoms with van der Waals surface area (Å²) in [6, 6.07) is 16.8. The molecule has 0 radical (unpaired) electrons. The molecule has 0 spiro atoms. The largest absolute Gasteiger partial charge is 0.497 e. The van der Waals surface area contributed by atoms with E-state index in [9.17, 15) is 14.4 Å². The fraction of sp³-hybridized carbons (Fsp3) is 0.217. The van der Waals surface area contributed by atoms with Gasteiger partial charge in [-0.05, 0) is 41.6 Å². The predicted molar refractivity (Wildman–Crippen MR) is 124 cm³/mol. The number of likely N-dealkylation sites (tertiary alicyclic amines) is 1. The van der Waals surface area contributed by atoms with Crippen LogP contribution in [0.3, 0.4) is 0 Å². The minimum atomic E-state index is -0.493. The number of nitrogens with one attached hydrogen (secondary N) is 3. The van der Waals surface area contributed by atoms with Crippen molar-refractivity contribution in [3.05, 3.63) is 71.8 Å². The molecule has 0 bridgehead atoms. The SMILES string of the molecule is COc1ccc(/C=C/C(=O)NC(=S)NNC(=O)C2CC(=O)N(Cc3ccccc3)C2)cc1. The van der Waals surface area contributed by atoms with Crippen LogP contribution in [0.2, 0.25) is 0 Å². The van der Waals surface area contributed by atoms with E-state index >= 15 is 0 Å². The number of hydrogen-bond donors (Lipinski definition) is 3. The molecule has 166 valence electrons. The third-order valence-electron chi connectivity index (χ3n) is 4.88. The molecule has 1 aliphatic rings. The molecule has 9 heteroatoms. The van der Waals surface area contributed by atoms with Gasteiger partial charge < -0.3 is 9.64 Å². The van der Waals surface area contributed by atoms with Crippen LogP contribution in [0.4, 0.5) is 0 Å². The first kappa shape index (κ1) is 23.0. The standard InChI is InChI=1S/C23H24N4O4S/c1-31-19-10-7-16(8-11-19)9-12-20(28)24-23(32)26-25-22(30)18-13-21(29)27(15-18)14-17-5-3-2-4-6-17/h2-12,18H,13-15H2,1H3,(H,25,30)(H2,24,26,28,32)/b12-9+. The molecule has 2 aromatic rings. The summed E-state index contributed by atoms with van der Waals surface area (Å²) in [5.74, 6) is -0.655. The van der Waals surface area contributed by atoms with Gasteiger partial charge in [0.15, 0.2) is 5.11 Å². The molecule has 1 saturated heterocycles. The lowest BCUT2D eigenvalue weighted by molar-refractivity contribution is -0.129. The number of hydrogen-bond acceptors (Lipinski definition) is 5. The van der Waals surface area contributed by atoms with Gasteiger partial charge in [-0.3, -0.25) is 30.6 Å². The fourth-order valence-electron chi connectivity index (χ4n) is 3.20. The highest BCUT2D eigenvalue weighted by Gasteiger charge is 2.34. The summed E-state index contributed by atoms with van der Waals surface area (Å²) >= 11 is 5.03. The van der Waals surface area contributed by atoms with E-state index in [1.54, 1.807) is 30.2 Å². The molecule has 8 nitrogen and oxygen atoms in total. The number of carbonyl (C=O) groups excluding carboxylic acids is 3. The van der Waals surface area contributed by atoms with Crippen LogP contribution in [0.15, 0.2) is 60.7 Å². The average molecular weight is 453 g/mol. The Morgan fingerprint density at radius 1 is 1.12 bits per heavy atom. The van der Waals surface area contributed by atoms with Gasteiger partial charge in [0, 0.05) is 25.6 Å². The van der Waals surface area contributed by atoms with Crippen LogP contribution in [0, 0.1) is 5.92 Å². The molecular formula is C23H24N4O4S. The van der Waals surface area contributed by atoms with E-state index in [-0.39, 0.29) is 23.3 Å². The van der Waals surface area contributed by atoms with Crippen LogP contribution in [0.1, 0.15) is 17.5 Å². The highest BCUT2D eigenvalue weighted by atomic mass is 32.1. The smallest absolute Gasteiger partial charge is 0.250 e. The van der Waals surface area contributed by atoms with Crippen molar-refractivity contribution in [2.75, 3.05) is 13.7 Å². The van der Waals surface area contributed by atoms with Gasteiger partial charge in [-0.1, -0.05) is 42.5 Å². The van der Waals surface area contributed by atoms with Gasteiger partial charge in [0.1, 0.15) is 5.75 Å². The van der Waals surface area contributed by atoms with Crippen molar-refractivity contribution in [3.63, 3.8) is 0 Å². The van der Waals surface area contributed by atoms with E-state index in [1.165, 1.54) is 6.08 Å². The second-order valence-corrected chi connectivity index (χ2v) is 7.61. The van der Waals surface area contributed by atoms with Crippen LogP contribution in [0.25, 0.3) is 6.08 Å². The van der Waals surface area contributed by atoms with Gasteiger partial charge >= 0.3 is 0 Å². The zero-order valence-electron chi connectivity index (χ0n) is 17.5. The van der Waals surface area contributed by atoms with Gasteiger partial charge in [-0.15, -0.1) is 0 Å². The van der Waals surface area contributed by atoms with Crippen molar-refractivity contribution < 1.29 is 19.1 Å². The van der Waals surface area contributed by atoms with Crippen molar-refractivity contribution in [1.82, 2.24) is 21.1 Å². The topological polar surface area (TPSA) is 99.8 Å². The number of benzene rings is 2. The van der Waals surface area contributed by atoms with Crippen molar-refractivity contribution >= 4 is 41.1 Å². The number of nitrogens with zero attached hydrogens (tertiary/aromatic N) is 1. The molecular weight excluding hydrogens is 428 g/mol. The number of carbonyl (C=O) groups is 3. The maximum atomic E-state index is 12.4. The number of amides is 3. The lowest BCUT2D eigenvalue weighted by Crippen LogP contribution is -2.50. The molecule has 1 unspecified atom stereocenters. The maximum absolute atomic E-state index is 12.4. The van der Waals surface area contributed by atoms with Crippen LogP contribution < -0.4 is 20.9 Å². The Bertz CT molecular complexity index is 1010. The fourth-order valence-corrected chi connectivity index (χ4v) is 3.35. The Balaban J connectivity index is 1.41. The first-order valence-corrected chi connectivity index (χ1v) is 10.4. The van der Waals surface area contributed by atoms with Gasteiger partial charge in [-0.2, -0.15) is 0 Å². The highest BCUT2D eigenvalue weighted by molar-refractivity contribution is 7.80. The van der Waals surface area contributed by atoms with Crippen molar-refractivity contribution in [3.8, 4) is 5.75 Å². The minimum absolute atomic E-state index is 0.0480. The summed E-state index contributed by atoms with van der Waals surface area (Å²) < 4.78 is 5.08. The Morgan fingerprint density at radius 3 is 2.53 bits per heavy atom. The quantitative estimate of drug-likeness (QED) is 0.351. The molecule has 1 heterocycles. The molecule has 3 amide bonds. The predicted octanol–water partition coefficient (Wildman–Crippen LogP) is 1.78. The van der Waals surface area contributed by atoms with Gasteiger partial charge in [0.05, 0.1) is 13.0 Å². The van der Waals surface area contributed by atoms with E-state index < -0.39 is 11.8 Å². The lowest BCUT2D eigenvalue weighted by atomic mass is 10.1. The Labute approximate surface area is 191 Å². The van der Waals surface area contributed by atoms with E-state index in [1.807, 2.05) is 42.5 Å². The molecule has 1 aliphatic heterocycles. The summed E-state index contributed by atoms with van der Waals surface area (Å²) in [6.07, 6.45) is 3.08. The average Bonchev–Trinajstić information content (AvgIpc) is 3.17. The highest BCUT2D eigenvalue weighted by Crippen LogP contribution is 2.20. The molecule has 3 N–H and O–H groups in total. The zero-order chi connectivity index (χ0) is 22.9. The second-order valence-electron chi connectivity index (χ2n) is 7.20. The third-order valence-corrected chi connectivity index (χ3v) is 5.08. The molecule has 32 heavy (non-hydrogen) atoms. The van der Waals surface area contributed by atoms with Crippen molar-refractivity contribution in [1.29, 1.82) is 0 Å².